The highest BCUT2D eigenvalue weighted by Gasteiger charge is 2.23. The fourth-order valence-electron chi connectivity index (χ4n) is 5.79. The minimum absolute atomic E-state index is 0.0323. The number of phenols is 2. The maximum absolute atomic E-state index is 12.7. The third-order valence-electron chi connectivity index (χ3n) is 8.36. The molecule has 48 heavy (non-hydrogen) atoms. The summed E-state index contributed by atoms with van der Waals surface area (Å²) in [7, 11) is 1.84. The van der Waals surface area contributed by atoms with Gasteiger partial charge in [-0.15, -0.1) is 0 Å². The quantitative estimate of drug-likeness (QED) is 0.106. The molecule has 4 N–H and O–H groups in total. The number of amides is 2. The average Bonchev–Trinajstić information content (AvgIpc) is 3.09. The summed E-state index contributed by atoms with van der Waals surface area (Å²) in [5, 5.41) is 25.1. The molecule has 2 amide bonds. The summed E-state index contributed by atoms with van der Waals surface area (Å²) in [6.45, 7) is 3.20. The normalized spacial score (nSPS) is 13.6. The Balaban J connectivity index is 0.991. The van der Waals surface area contributed by atoms with Gasteiger partial charge in [-0.25, -0.2) is 4.79 Å². The number of phenolic OH excluding ortho intramolecular Hbond substituents is 2. The lowest BCUT2D eigenvalue weighted by molar-refractivity contribution is -0.121. The number of anilines is 1. The topological polar surface area (TPSA) is 131 Å². The van der Waals surface area contributed by atoms with Crippen LogP contribution >= 0.6 is 0 Å². The third kappa shape index (κ3) is 9.90. The number of hydrogen-bond acceptors (Lipinski definition) is 8. The first kappa shape index (κ1) is 34.2. The maximum atomic E-state index is 12.7. The van der Waals surface area contributed by atoms with Crippen LogP contribution in [0.4, 0.5) is 10.5 Å². The van der Waals surface area contributed by atoms with E-state index in [2.05, 4.69) is 15.5 Å². The van der Waals surface area contributed by atoms with Gasteiger partial charge in [-0.3, -0.25) is 19.8 Å². The van der Waals surface area contributed by atoms with Gasteiger partial charge in [0.05, 0.1) is 12.2 Å². The lowest BCUT2D eigenvalue weighted by Gasteiger charge is -2.31. The molecule has 250 valence electrons. The third-order valence-corrected chi connectivity index (χ3v) is 8.36. The Labute approximate surface area is 281 Å². The van der Waals surface area contributed by atoms with E-state index in [0.29, 0.717) is 50.1 Å². The van der Waals surface area contributed by atoms with Crippen LogP contribution in [0.5, 0.6) is 11.5 Å². The van der Waals surface area contributed by atoms with Crippen molar-refractivity contribution >= 4 is 23.5 Å². The number of hydrogen-bond donors (Lipinski definition) is 4. The van der Waals surface area contributed by atoms with Crippen LogP contribution in [0.1, 0.15) is 40.7 Å². The molecule has 1 aliphatic rings. The zero-order chi connectivity index (χ0) is 33.9. The number of likely N-dealkylation sites (N-methyl/N-ethyl adjacent to an activating group) is 1. The Morgan fingerprint density at radius 2 is 1.58 bits per heavy atom. The van der Waals surface area contributed by atoms with Crippen LogP contribution in [-0.2, 0) is 22.6 Å². The van der Waals surface area contributed by atoms with Gasteiger partial charge < -0.3 is 25.2 Å². The molecule has 0 aliphatic carbocycles. The fraction of sp³-hybridized carbons (Fsp3) is 0.289. The second-order valence-electron chi connectivity index (χ2n) is 12.1. The number of ether oxygens (including phenoxy) is 1. The zero-order valence-corrected chi connectivity index (χ0v) is 27.1. The van der Waals surface area contributed by atoms with Crippen molar-refractivity contribution in [3.05, 3.63) is 114 Å². The molecule has 10 heteroatoms. The van der Waals surface area contributed by atoms with E-state index < -0.39 is 6.09 Å². The van der Waals surface area contributed by atoms with Crippen molar-refractivity contribution in [2.75, 3.05) is 38.5 Å². The lowest BCUT2D eigenvalue weighted by atomic mass is 10.0. The van der Waals surface area contributed by atoms with Gasteiger partial charge in [0.2, 0.25) is 5.91 Å². The van der Waals surface area contributed by atoms with Crippen molar-refractivity contribution in [2.24, 2.45) is 0 Å². The van der Waals surface area contributed by atoms with Gasteiger partial charge in [0.15, 0.2) is 17.3 Å². The maximum Gasteiger partial charge on any atom is 0.411 e. The highest BCUT2D eigenvalue weighted by Crippen LogP contribution is 2.28. The summed E-state index contributed by atoms with van der Waals surface area (Å²) in [4.78, 5) is 42.0. The first-order chi connectivity index (χ1) is 23.2. The van der Waals surface area contributed by atoms with Gasteiger partial charge in [0.1, 0.15) is 6.10 Å². The van der Waals surface area contributed by atoms with Gasteiger partial charge in [-0.2, -0.15) is 0 Å². The number of para-hydroxylation sites is 1. The Morgan fingerprint density at radius 3 is 2.35 bits per heavy atom. The molecule has 4 aromatic carbocycles. The van der Waals surface area contributed by atoms with Crippen LogP contribution in [0.15, 0.2) is 97.1 Å². The summed E-state index contributed by atoms with van der Waals surface area (Å²) in [6.07, 6.45) is 1.15. The van der Waals surface area contributed by atoms with Crippen molar-refractivity contribution in [3.63, 3.8) is 0 Å². The molecule has 5 rings (SSSR count). The second kappa shape index (κ2) is 16.6. The predicted octanol–water partition coefficient (Wildman–Crippen LogP) is 5.80. The highest BCUT2D eigenvalue weighted by atomic mass is 16.6. The number of carbonyl (C=O) groups is 3. The zero-order valence-electron chi connectivity index (χ0n) is 27.1. The molecule has 0 radical (unpaired) electrons. The smallest absolute Gasteiger partial charge is 0.411 e. The van der Waals surface area contributed by atoms with Gasteiger partial charge in [0, 0.05) is 50.3 Å². The molecule has 0 unspecified atom stereocenters. The predicted molar refractivity (Wildman–Crippen MR) is 185 cm³/mol. The van der Waals surface area contributed by atoms with Crippen LogP contribution in [0.3, 0.4) is 0 Å². The standard InChI is InChI=1S/C38H42N4O6/c1-41(26-36(45)30-14-15-34(43)35(44)23-30)25-28-9-7-8-27(22-28)24-39-37(46)18-21-42-19-16-31(17-20-42)48-38(47)40-33-13-6-5-12-32(33)29-10-3-2-4-11-29/h2-15,22-23,31,43-44H,16-21,24-26H2,1H3,(H,39,46)(H,40,47). The number of likely N-dealkylation sites (tertiary alicyclic amines) is 1. The Morgan fingerprint density at radius 1 is 0.854 bits per heavy atom. The van der Waals surface area contributed by atoms with Crippen molar-refractivity contribution < 1.29 is 29.3 Å². The summed E-state index contributed by atoms with van der Waals surface area (Å²) < 4.78 is 5.74. The second-order valence-corrected chi connectivity index (χ2v) is 12.1. The Bertz CT molecular complexity index is 1700. The number of ketones is 1. The number of piperidine rings is 1. The summed E-state index contributed by atoms with van der Waals surface area (Å²) >= 11 is 0. The minimum Gasteiger partial charge on any atom is -0.504 e. The first-order valence-corrected chi connectivity index (χ1v) is 16.2. The molecule has 0 spiro atoms. The molecule has 0 bridgehead atoms. The summed E-state index contributed by atoms with van der Waals surface area (Å²) in [5.74, 6) is -0.787. The van der Waals surface area contributed by atoms with Crippen LogP contribution in [0.25, 0.3) is 11.1 Å². The van der Waals surface area contributed by atoms with Crippen molar-refractivity contribution in [2.45, 2.75) is 38.5 Å². The van der Waals surface area contributed by atoms with E-state index in [4.69, 9.17) is 4.74 Å². The van der Waals surface area contributed by atoms with Gasteiger partial charge in [0.25, 0.3) is 0 Å². The van der Waals surface area contributed by atoms with E-state index in [9.17, 15) is 24.6 Å². The van der Waals surface area contributed by atoms with E-state index in [1.54, 1.807) is 0 Å². The molecule has 0 saturated carbocycles. The van der Waals surface area contributed by atoms with Crippen LogP contribution in [-0.4, -0.2) is 77.1 Å². The number of Topliss-reactive ketones (excluding diaryl/α,β-unsaturated/α-hetero) is 1. The monoisotopic (exact) mass is 650 g/mol. The van der Waals surface area contributed by atoms with E-state index >= 15 is 0 Å². The van der Waals surface area contributed by atoms with Crippen molar-refractivity contribution in [1.82, 2.24) is 15.1 Å². The molecule has 0 aromatic heterocycles. The van der Waals surface area contributed by atoms with Gasteiger partial charge in [-0.05, 0) is 60.8 Å². The lowest BCUT2D eigenvalue weighted by Crippen LogP contribution is -2.40. The SMILES string of the molecule is CN(CC(=O)c1ccc(O)c(O)c1)Cc1cccc(CNC(=O)CCN2CCC(OC(=O)Nc3ccccc3-c3ccccc3)CC2)c1. The molecular weight excluding hydrogens is 608 g/mol. The average molecular weight is 651 g/mol. The number of carbonyl (C=O) groups excluding carboxylic acids is 3. The summed E-state index contributed by atoms with van der Waals surface area (Å²) in [5.41, 5.74) is 4.95. The van der Waals surface area contributed by atoms with E-state index in [1.165, 1.54) is 18.2 Å². The Hall–Kier alpha value is -5.19. The number of rotatable bonds is 13. The fourth-order valence-corrected chi connectivity index (χ4v) is 5.79. The molecular formula is C38H42N4O6. The number of nitrogens with zero attached hydrogens (tertiary/aromatic N) is 2. The van der Waals surface area contributed by atoms with Crippen LogP contribution < -0.4 is 10.6 Å². The first-order valence-electron chi connectivity index (χ1n) is 16.2. The summed E-state index contributed by atoms with van der Waals surface area (Å²) in [6, 6.07) is 29.5. The molecule has 4 aromatic rings. The van der Waals surface area contributed by atoms with E-state index in [-0.39, 0.29) is 35.8 Å². The Kier molecular flexibility index (Phi) is 11.8. The number of aromatic hydroxyl groups is 2. The van der Waals surface area contributed by atoms with Gasteiger partial charge in [-0.1, -0.05) is 72.8 Å². The number of benzene rings is 4. The van der Waals surface area contributed by atoms with E-state index in [1.807, 2.05) is 90.8 Å². The van der Waals surface area contributed by atoms with Crippen LogP contribution in [0, 0.1) is 0 Å². The number of nitrogens with one attached hydrogen (secondary N) is 2. The molecule has 1 saturated heterocycles. The van der Waals surface area contributed by atoms with Gasteiger partial charge >= 0.3 is 6.09 Å². The molecule has 1 heterocycles. The highest BCUT2D eigenvalue weighted by molar-refractivity contribution is 5.98. The molecule has 0 atom stereocenters. The molecule has 1 fully saturated rings. The molecule has 10 nitrogen and oxygen atoms in total. The largest absolute Gasteiger partial charge is 0.504 e. The van der Waals surface area contributed by atoms with E-state index in [0.717, 1.165) is 35.3 Å². The van der Waals surface area contributed by atoms with Crippen LogP contribution in [0.2, 0.25) is 0 Å². The van der Waals surface area contributed by atoms with Crippen molar-refractivity contribution in [3.8, 4) is 22.6 Å². The van der Waals surface area contributed by atoms with Crippen molar-refractivity contribution in [1.29, 1.82) is 0 Å². The minimum atomic E-state index is -0.462. The molecule has 1 aliphatic heterocycles.